The van der Waals surface area contributed by atoms with Crippen molar-refractivity contribution in [2.24, 2.45) is 0 Å². The highest BCUT2D eigenvalue weighted by atomic mass is 16.5. The average molecular weight is 339 g/mol. The van der Waals surface area contributed by atoms with Crippen molar-refractivity contribution in [1.29, 1.82) is 0 Å². The molecule has 4 heteroatoms. The van der Waals surface area contributed by atoms with Crippen LogP contribution in [0, 0.1) is 13.8 Å². The van der Waals surface area contributed by atoms with Crippen LogP contribution in [0.1, 0.15) is 16.7 Å². The van der Waals surface area contributed by atoms with Gasteiger partial charge in [-0.1, -0.05) is 23.8 Å². The van der Waals surface area contributed by atoms with Gasteiger partial charge in [0.05, 0.1) is 13.7 Å². The molecule has 25 heavy (non-hydrogen) atoms. The lowest BCUT2D eigenvalue weighted by molar-refractivity contribution is -0.125. The minimum Gasteiger partial charge on any atom is -0.497 e. The number of aryl methyl sites for hydroxylation is 2. The van der Waals surface area contributed by atoms with E-state index in [1.807, 2.05) is 49.4 Å². The smallest absolute Gasteiger partial charge is 0.246 e. The first-order valence-corrected chi connectivity index (χ1v) is 8.27. The zero-order valence-electron chi connectivity index (χ0n) is 15.3. The molecule has 0 saturated heterocycles. The Balaban J connectivity index is 1.82. The highest BCUT2D eigenvalue weighted by Crippen LogP contribution is 2.17. The molecule has 0 aliphatic heterocycles. The predicted octanol–water partition coefficient (Wildman–Crippen LogP) is 3.86. The van der Waals surface area contributed by atoms with Gasteiger partial charge >= 0.3 is 0 Å². The number of rotatable bonds is 7. The fraction of sp³-hybridized carbons (Fsp3) is 0.286. The third-order valence-electron chi connectivity index (χ3n) is 3.96. The van der Waals surface area contributed by atoms with E-state index in [-0.39, 0.29) is 5.91 Å². The number of carbonyl (C=O) groups is 1. The van der Waals surface area contributed by atoms with Crippen molar-refractivity contribution >= 4 is 12.0 Å². The van der Waals surface area contributed by atoms with E-state index in [1.165, 1.54) is 5.56 Å². The lowest BCUT2D eigenvalue weighted by atomic mass is 10.1. The first-order valence-electron chi connectivity index (χ1n) is 8.27. The van der Waals surface area contributed by atoms with E-state index in [4.69, 9.17) is 9.47 Å². The van der Waals surface area contributed by atoms with E-state index in [2.05, 4.69) is 13.0 Å². The van der Waals surface area contributed by atoms with Crippen molar-refractivity contribution in [3.05, 3.63) is 65.2 Å². The summed E-state index contributed by atoms with van der Waals surface area (Å²) in [5, 5.41) is 0. The molecule has 0 aliphatic carbocycles. The van der Waals surface area contributed by atoms with Crippen molar-refractivity contribution in [3.8, 4) is 11.5 Å². The summed E-state index contributed by atoms with van der Waals surface area (Å²) >= 11 is 0. The average Bonchev–Trinajstić information content (AvgIpc) is 2.61. The molecule has 2 aromatic rings. The second-order valence-electron chi connectivity index (χ2n) is 5.98. The quantitative estimate of drug-likeness (QED) is 0.719. The highest BCUT2D eigenvalue weighted by Gasteiger charge is 2.05. The summed E-state index contributed by atoms with van der Waals surface area (Å²) in [7, 11) is 3.40. The lowest BCUT2D eigenvalue weighted by Crippen LogP contribution is -2.29. The van der Waals surface area contributed by atoms with Crippen LogP contribution < -0.4 is 9.47 Å². The topological polar surface area (TPSA) is 38.8 Å². The van der Waals surface area contributed by atoms with Gasteiger partial charge in [-0.2, -0.15) is 0 Å². The standard InChI is InChI=1S/C21H25NO3/c1-16-5-6-18(17(2)15-16)7-12-21(23)22(3)13-14-25-20-10-8-19(24-4)9-11-20/h5-12,15H,13-14H2,1-4H3/b12-7+. The SMILES string of the molecule is COc1ccc(OCCN(C)C(=O)/C=C/c2ccc(C)cc2C)cc1. The van der Waals surface area contributed by atoms with Gasteiger partial charge < -0.3 is 14.4 Å². The molecule has 0 radical (unpaired) electrons. The molecule has 0 saturated carbocycles. The Hall–Kier alpha value is -2.75. The van der Waals surface area contributed by atoms with E-state index < -0.39 is 0 Å². The summed E-state index contributed by atoms with van der Waals surface area (Å²) < 4.78 is 10.8. The van der Waals surface area contributed by atoms with Crippen LogP contribution in [0.5, 0.6) is 11.5 Å². The number of likely N-dealkylation sites (N-methyl/N-ethyl adjacent to an activating group) is 1. The van der Waals surface area contributed by atoms with Gasteiger partial charge in [0.15, 0.2) is 0 Å². The van der Waals surface area contributed by atoms with Crippen molar-refractivity contribution in [2.75, 3.05) is 27.3 Å². The van der Waals surface area contributed by atoms with Gasteiger partial charge in [-0.15, -0.1) is 0 Å². The number of methoxy groups -OCH3 is 1. The van der Waals surface area contributed by atoms with Crippen LogP contribution in [0.2, 0.25) is 0 Å². The van der Waals surface area contributed by atoms with Crippen LogP contribution in [0.15, 0.2) is 48.5 Å². The number of hydrogen-bond acceptors (Lipinski definition) is 3. The van der Waals surface area contributed by atoms with Crippen LogP contribution in [-0.2, 0) is 4.79 Å². The molecular weight excluding hydrogens is 314 g/mol. The summed E-state index contributed by atoms with van der Waals surface area (Å²) in [5.41, 5.74) is 3.44. The number of nitrogens with zero attached hydrogens (tertiary/aromatic N) is 1. The summed E-state index contributed by atoms with van der Waals surface area (Å²) in [6, 6.07) is 13.6. The number of hydrogen-bond donors (Lipinski definition) is 0. The van der Waals surface area contributed by atoms with Crippen molar-refractivity contribution in [1.82, 2.24) is 4.90 Å². The zero-order valence-corrected chi connectivity index (χ0v) is 15.3. The Bertz CT molecular complexity index is 735. The summed E-state index contributed by atoms with van der Waals surface area (Å²) in [5.74, 6) is 1.50. The Morgan fingerprint density at radius 3 is 2.40 bits per heavy atom. The third-order valence-corrected chi connectivity index (χ3v) is 3.96. The Labute approximate surface area is 149 Å². The molecular formula is C21H25NO3. The minimum atomic E-state index is -0.0432. The molecule has 0 fully saturated rings. The van der Waals surface area contributed by atoms with Gasteiger partial charge in [0.25, 0.3) is 0 Å². The molecule has 2 rings (SSSR count). The normalized spacial score (nSPS) is 10.7. The molecule has 4 nitrogen and oxygen atoms in total. The van der Waals surface area contributed by atoms with Crippen LogP contribution in [0.3, 0.4) is 0 Å². The number of benzene rings is 2. The van der Waals surface area contributed by atoms with Gasteiger partial charge in [0.1, 0.15) is 18.1 Å². The fourth-order valence-electron chi connectivity index (χ4n) is 2.38. The molecule has 0 N–H and O–H groups in total. The van der Waals surface area contributed by atoms with Gasteiger partial charge in [-0.05, 0) is 55.3 Å². The van der Waals surface area contributed by atoms with Crippen LogP contribution in [0.4, 0.5) is 0 Å². The second kappa shape index (κ2) is 8.92. The molecule has 0 aromatic heterocycles. The first kappa shape index (κ1) is 18.6. The van der Waals surface area contributed by atoms with E-state index in [0.29, 0.717) is 13.2 Å². The Morgan fingerprint density at radius 2 is 1.76 bits per heavy atom. The fourth-order valence-corrected chi connectivity index (χ4v) is 2.38. The predicted molar refractivity (Wildman–Crippen MR) is 101 cm³/mol. The molecule has 0 heterocycles. The number of carbonyl (C=O) groups excluding carboxylic acids is 1. The number of amides is 1. The maximum Gasteiger partial charge on any atom is 0.246 e. The molecule has 0 bridgehead atoms. The maximum atomic E-state index is 12.2. The molecule has 2 aromatic carbocycles. The third kappa shape index (κ3) is 5.68. The van der Waals surface area contributed by atoms with Crippen molar-refractivity contribution in [3.63, 3.8) is 0 Å². The lowest BCUT2D eigenvalue weighted by Gasteiger charge is -2.15. The summed E-state index contributed by atoms with van der Waals surface area (Å²) in [4.78, 5) is 13.8. The number of ether oxygens (including phenoxy) is 2. The van der Waals surface area contributed by atoms with Gasteiger partial charge in [-0.3, -0.25) is 4.79 Å². The monoisotopic (exact) mass is 339 g/mol. The van der Waals surface area contributed by atoms with Gasteiger partial charge in [-0.25, -0.2) is 0 Å². The van der Waals surface area contributed by atoms with Gasteiger partial charge in [0, 0.05) is 13.1 Å². The largest absolute Gasteiger partial charge is 0.497 e. The molecule has 132 valence electrons. The van der Waals surface area contributed by atoms with E-state index >= 15 is 0 Å². The molecule has 0 aliphatic rings. The van der Waals surface area contributed by atoms with E-state index in [0.717, 1.165) is 22.6 Å². The molecule has 0 unspecified atom stereocenters. The van der Waals surface area contributed by atoms with E-state index in [9.17, 15) is 4.79 Å². The van der Waals surface area contributed by atoms with E-state index in [1.54, 1.807) is 25.1 Å². The van der Waals surface area contributed by atoms with Gasteiger partial charge in [0.2, 0.25) is 5.91 Å². The molecule has 0 spiro atoms. The summed E-state index contributed by atoms with van der Waals surface area (Å²) in [6.07, 6.45) is 3.46. The highest BCUT2D eigenvalue weighted by molar-refractivity contribution is 5.91. The van der Waals surface area contributed by atoms with Crippen LogP contribution in [-0.4, -0.2) is 38.1 Å². The first-order chi connectivity index (χ1) is 12.0. The maximum absolute atomic E-state index is 12.2. The second-order valence-corrected chi connectivity index (χ2v) is 5.98. The summed E-state index contributed by atoms with van der Waals surface area (Å²) in [6.45, 7) is 5.06. The minimum absolute atomic E-state index is 0.0432. The van der Waals surface area contributed by atoms with Crippen molar-refractivity contribution in [2.45, 2.75) is 13.8 Å². The Kier molecular flexibility index (Phi) is 6.63. The van der Waals surface area contributed by atoms with Crippen molar-refractivity contribution < 1.29 is 14.3 Å². The Morgan fingerprint density at radius 1 is 1.08 bits per heavy atom. The zero-order chi connectivity index (χ0) is 18.2. The van der Waals surface area contributed by atoms with Crippen LogP contribution >= 0.6 is 0 Å². The van der Waals surface area contributed by atoms with Crippen LogP contribution in [0.25, 0.3) is 6.08 Å². The molecule has 0 atom stereocenters. The molecule has 1 amide bonds.